The van der Waals surface area contributed by atoms with Crippen LogP contribution in [0.5, 0.6) is 0 Å². The molecule has 0 atom stereocenters. The van der Waals surface area contributed by atoms with Gasteiger partial charge < -0.3 is 16.0 Å². The van der Waals surface area contributed by atoms with Crippen LogP contribution in [0.4, 0.5) is 17.3 Å². The van der Waals surface area contributed by atoms with Crippen LogP contribution in [0.15, 0.2) is 79.1 Å². The number of nitrogens with one attached hydrogen (secondary N) is 3. The van der Waals surface area contributed by atoms with Gasteiger partial charge in [0.25, 0.3) is 5.91 Å². The van der Waals surface area contributed by atoms with Crippen LogP contribution < -0.4 is 16.0 Å². The Hall–Kier alpha value is -4.00. The highest BCUT2D eigenvalue weighted by atomic mass is 16.1. The van der Waals surface area contributed by atoms with E-state index in [-0.39, 0.29) is 5.91 Å². The van der Waals surface area contributed by atoms with Crippen molar-refractivity contribution < 1.29 is 4.79 Å². The highest BCUT2D eigenvalue weighted by Crippen LogP contribution is 2.18. The number of pyridine rings is 1. The fourth-order valence-electron chi connectivity index (χ4n) is 2.96. The monoisotopic (exact) mass is 384 g/mol. The first-order valence-electron chi connectivity index (χ1n) is 9.30. The molecule has 29 heavy (non-hydrogen) atoms. The molecule has 0 aliphatic rings. The number of hydrogen-bond acceptors (Lipinski definition) is 6. The first-order valence-corrected chi connectivity index (χ1v) is 9.30. The van der Waals surface area contributed by atoms with Gasteiger partial charge in [0.15, 0.2) is 5.82 Å². The summed E-state index contributed by atoms with van der Waals surface area (Å²) in [6.07, 6.45) is 3.41. The van der Waals surface area contributed by atoms with E-state index in [4.69, 9.17) is 0 Å². The Morgan fingerprint density at radius 1 is 0.793 bits per heavy atom. The number of benzene rings is 2. The quantitative estimate of drug-likeness (QED) is 0.422. The van der Waals surface area contributed by atoms with Crippen LogP contribution >= 0.6 is 0 Å². The maximum atomic E-state index is 12.5. The van der Waals surface area contributed by atoms with E-state index < -0.39 is 0 Å². The first kappa shape index (κ1) is 18.4. The molecule has 2 heterocycles. The SMILES string of the molecule is O=C(NCCNc1ccc(Nc2ccncc2)nn1)c1cccc2ccccc12. The summed E-state index contributed by atoms with van der Waals surface area (Å²) < 4.78 is 0. The number of hydrogen-bond donors (Lipinski definition) is 3. The fraction of sp³-hybridized carbons (Fsp3) is 0.0909. The van der Waals surface area contributed by atoms with Crippen molar-refractivity contribution in [2.45, 2.75) is 0 Å². The molecular formula is C22H20N6O. The molecule has 0 aliphatic carbocycles. The average Bonchev–Trinajstić information content (AvgIpc) is 2.78. The van der Waals surface area contributed by atoms with Gasteiger partial charge in [0.2, 0.25) is 0 Å². The zero-order valence-corrected chi connectivity index (χ0v) is 15.7. The minimum atomic E-state index is -0.0911. The van der Waals surface area contributed by atoms with Gasteiger partial charge in [-0.25, -0.2) is 0 Å². The van der Waals surface area contributed by atoms with Crippen LogP contribution in [-0.4, -0.2) is 34.2 Å². The van der Waals surface area contributed by atoms with E-state index >= 15 is 0 Å². The summed E-state index contributed by atoms with van der Waals surface area (Å²) in [5, 5.41) is 19.5. The lowest BCUT2D eigenvalue weighted by Crippen LogP contribution is -2.29. The van der Waals surface area contributed by atoms with Crippen molar-refractivity contribution in [2.75, 3.05) is 23.7 Å². The predicted octanol–water partition coefficient (Wildman–Crippen LogP) is 3.61. The Labute approximate surface area is 168 Å². The molecule has 0 bridgehead atoms. The van der Waals surface area contributed by atoms with Crippen LogP contribution in [0.25, 0.3) is 10.8 Å². The molecule has 2 aromatic carbocycles. The number of anilines is 3. The minimum absolute atomic E-state index is 0.0911. The second kappa shape index (κ2) is 8.79. The Morgan fingerprint density at radius 3 is 2.38 bits per heavy atom. The van der Waals surface area contributed by atoms with Gasteiger partial charge in [0.05, 0.1) is 0 Å². The summed E-state index contributed by atoms with van der Waals surface area (Å²) in [4.78, 5) is 16.5. The average molecular weight is 384 g/mol. The topological polar surface area (TPSA) is 91.8 Å². The number of nitrogens with zero attached hydrogens (tertiary/aromatic N) is 3. The van der Waals surface area contributed by atoms with Crippen molar-refractivity contribution in [1.82, 2.24) is 20.5 Å². The third-order valence-corrected chi connectivity index (χ3v) is 4.37. The normalized spacial score (nSPS) is 10.5. The maximum Gasteiger partial charge on any atom is 0.251 e. The van der Waals surface area contributed by atoms with Crippen molar-refractivity contribution >= 4 is 34.0 Å². The molecule has 0 unspecified atom stereocenters. The molecule has 7 heteroatoms. The zero-order valence-electron chi connectivity index (χ0n) is 15.7. The van der Waals surface area contributed by atoms with Gasteiger partial charge in [0.1, 0.15) is 5.82 Å². The molecule has 0 saturated carbocycles. The Morgan fingerprint density at radius 2 is 1.55 bits per heavy atom. The second-order valence-corrected chi connectivity index (χ2v) is 6.37. The van der Waals surface area contributed by atoms with Crippen LogP contribution in [0.1, 0.15) is 10.4 Å². The number of carbonyl (C=O) groups is 1. The molecule has 0 spiro atoms. The Kier molecular flexibility index (Phi) is 5.57. The van der Waals surface area contributed by atoms with Gasteiger partial charge in [-0.05, 0) is 41.1 Å². The molecule has 2 aromatic heterocycles. The summed E-state index contributed by atoms with van der Waals surface area (Å²) in [5.41, 5.74) is 1.57. The molecule has 7 nitrogen and oxygen atoms in total. The summed E-state index contributed by atoms with van der Waals surface area (Å²) >= 11 is 0. The van der Waals surface area contributed by atoms with Crippen molar-refractivity contribution in [1.29, 1.82) is 0 Å². The van der Waals surface area contributed by atoms with Gasteiger partial charge in [-0.2, -0.15) is 0 Å². The van der Waals surface area contributed by atoms with Crippen molar-refractivity contribution in [2.24, 2.45) is 0 Å². The van der Waals surface area contributed by atoms with Crippen LogP contribution in [0, 0.1) is 0 Å². The van der Waals surface area contributed by atoms with E-state index in [1.807, 2.05) is 66.7 Å². The molecule has 0 radical (unpaired) electrons. The second-order valence-electron chi connectivity index (χ2n) is 6.37. The van der Waals surface area contributed by atoms with E-state index in [0.717, 1.165) is 16.5 Å². The van der Waals surface area contributed by atoms with Crippen LogP contribution in [0.2, 0.25) is 0 Å². The van der Waals surface area contributed by atoms with Crippen molar-refractivity contribution in [3.63, 3.8) is 0 Å². The van der Waals surface area contributed by atoms with E-state index in [1.165, 1.54) is 0 Å². The lowest BCUT2D eigenvalue weighted by Gasteiger charge is -2.09. The third kappa shape index (κ3) is 4.65. The van der Waals surface area contributed by atoms with Crippen LogP contribution in [0.3, 0.4) is 0 Å². The van der Waals surface area contributed by atoms with Crippen molar-refractivity contribution in [3.8, 4) is 0 Å². The smallest absolute Gasteiger partial charge is 0.251 e. The van der Waals surface area contributed by atoms with E-state index in [9.17, 15) is 4.79 Å². The van der Waals surface area contributed by atoms with E-state index in [0.29, 0.717) is 30.3 Å². The summed E-state index contributed by atoms with van der Waals surface area (Å²) in [5.74, 6) is 1.20. The molecule has 0 fully saturated rings. The van der Waals surface area contributed by atoms with Crippen molar-refractivity contribution in [3.05, 3.63) is 84.7 Å². The van der Waals surface area contributed by atoms with Gasteiger partial charge in [-0.15, -0.1) is 10.2 Å². The zero-order chi connectivity index (χ0) is 19.9. The Bertz CT molecular complexity index is 1090. The summed E-state index contributed by atoms with van der Waals surface area (Å²) in [7, 11) is 0. The lowest BCUT2D eigenvalue weighted by atomic mass is 10.0. The molecule has 4 rings (SSSR count). The van der Waals surface area contributed by atoms with Gasteiger partial charge in [-0.1, -0.05) is 36.4 Å². The molecule has 3 N–H and O–H groups in total. The number of aromatic nitrogens is 3. The largest absolute Gasteiger partial charge is 0.367 e. The van der Waals surface area contributed by atoms with Gasteiger partial charge in [0, 0.05) is 36.7 Å². The van der Waals surface area contributed by atoms with Gasteiger partial charge in [-0.3, -0.25) is 9.78 Å². The summed E-state index contributed by atoms with van der Waals surface area (Å²) in [6.45, 7) is 1.02. The molecule has 0 aliphatic heterocycles. The molecule has 1 amide bonds. The molecular weight excluding hydrogens is 364 g/mol. The number of amides is 1. The third-order valence-electron chi connectivity index (χ3n) is 4.37. The van der Waals surface area contributed by atoms with Gasteiger partial charge >= 0.3 is 0 Å². The molecule has 144 valence electrons. The minimum Gasteiger partial charge on any atom is -0.367 e. The maximum absolute atomic E-state index is 12.5. The fourth-order valence-corrected chi connectivity index (χ4v) is 2.96. The standard InChI is InChI=1S/C22H20N6O/c29-22(19-7-3-5-16-4-1-2-6-18(16)19)25-15-14-24-20-8-9-21(28-27-20)26-17-10-12-23-13-11-17/h1-13H,14-15H2,(H,24,27)(H,25,29)(H,23,26,28). The predicted molar refractivity (Wildman–Crippen MR) is 114 cm³/mol. The summed E-state index contributed by atoms with van der Waals surface area (Å²) in [6, 6.07) is 21.0. The molecule has 0 saturated heterocycles. The highest BCUT2D eigenvalue weighted by molar-refractivity contribution is 6.07. The van der Waals surface area contributed by atoms with E-state index in [1.54, 1.807) is 12.4 Å². The number of carbonyl (C=O) groups excluding carboxylic acids is 1. The highest BCUT2D eigenvalue weighted by Gasteiger charge is 2.08. The van der Waals surface area contributed by atoms with E-state index in [2.05, 4.69) is 31.1 Å². The molecule has 4 aromatic rings. The lowest BCUT2D eigenvalue weighted by molar-refractivity contribution is 0.0957. The van der Waals surface area contributed by atoms with Crippen LogP contribution in [-0.2, 0) is 0 Å². The number of rotatable bonds is 7. The number of fused-ring (bicyclic) bond motifs is 1. The Balaban J connectivity index is 1.27. The first-order chi connectivity index (χ1) is 14.3.